The molecule has 0 radical (unpaired) electrons. The molecule has 1 heterocycles. The minimum Gasteiger partial charge on any atom is -0.371 e. The zero-order chi connectivity index (χ0) is 20.1. The number of amides is 1. The van der Waals surface area contributed by atoms with Crippen molar-refractivity contribution in [1.29, 1.82) is 0 Å². The maximum atomic E-state index is 12.6. The van der Waals surface area contributed by atoms with Crippen LogP contribution in [0.2, 0.25) is 0 Å². The first-order valence-electron chi connectivity index (χ1n) is 9.33. The van der Waals surface area contributed by atoms with Crippen molar-refractivity contribution in [3.8, 4) is 0 Å². The lowest BCUT2D eigenvalue weighted by Crippen LogP contribution is -2.41. The fraction of sp³-hybridized carbons (Fsp3) is 0.333. The average molecular weight is 381 g/mol. The summed E-state index contributed by atoms with van der Waals surface area (Å²) in [5, 5.41) is 13.8. The van der Waals surface area contributed by atoms with Gasteiger partial charge < -0.3 is 10.2 Å². The molecule has 2 aromatic carbocycles. The topological polar surface area (TPSA) is 92.6 Å². The fourth-order valence-electron chi connectivity index (χ4n) is 3.46. The number of benzene rings is 2. The number of carbonyl (C=O) groups is 2. The van der Waals surface area contributed by atoms with Gasteiger partial charge in [0.15, 0.2) is 0 Å². The maximum absolute atomic E-state index is 12.6. The molecule has 146 valence electrons. The van der Waals surface area contributed by atoms with Gasteiger partial charge in [-0.3, -0.25) is 19.7 Å². The van der Waals surface area contributed by atoms with E-state index in [1.807, 2.05) is 19.1 Å². The largest absolute Gasteiger partial charge is 0.371 e. The molecule has 2 aromatic rings. The standard InChI is InChI=1S/C21H23N3O4/c1-15(17-4-8-20(9-5-17)24(27)28)22-21(26)18-10-12-23(13-11-18)19-6-2-16(14-25)3-7-19/h2-9,14-15,18H,10-13H2,1H3,(H,22,26)/t15-/m0/s1. The zero-order valence-corrected chi connectivity index (χ0v) is 15.7. The normalized spacial score (nSPS) is 15.7. The number of aldehydes is 1. The van der Waals surface area contributed by atoms with Crippen molar-refractivity contribution in [2.75, 3.05) is 18.0 Å². The number of nitro benzene ring substituents is 1. The number of nitrogens with one attached hydrogen (secondary N) is 1. The number of hydrogen-bond donors (Lipinski definition) is 1. The molecule has 7 nitrogen and oxygen atoms in total. The van der Waals surface area contributed by atoms with E-state index in [4.69, 9.17) is 0 Å². The fourth-order valence-corrected chi connectivity index (χ4v) is 3.46. The summed E-state index contributed by atoms with van der Waals surface area (Å²) in [6.07, 6.45) is 2.34. The Morgan fingerprint density at radius 3 is 2.29 bits per heavy atom. The molecule has 1 aliphatic heterocycles. The quantitative estimate of drug-likeness (QED) is 0.470. The van der Waals surface area contributed by atoms with E-state index in [2.05, 4.69) is 10.2 Å². The summed E-state index contributed by atoms with van der Waals surface area (Å²) in [6, 6.07) is 13.5. The van der Waals surface area contributed by atoms with E-state index >= 15 is 0 Å². The molecule has 7 heteroatoms. The van der Waals surface area contributed by atoms with Gasteiger partial charge in [0.1, 0.15) is 6.29 Å². The lowest BCUT2D eigenvalue weighted by atomic mass is 9.94. The number of hydrogen-bond acceptors (Lipinski definition) is 5. The second-order valence-electron chi connectivity index (χ2n) is 7.05. The van der Waals surface area contributed by atoms with E-state index in [1.165, 1.54) is 12.1 Å². The Bertz CT molecular complexity index is 841. The third-order valence-corrected chi connectivity index (χ3v) is 5.22. The summed E-state index contributed by atoms with van der Waals surface area (Å²) in [4.78, 5) is 35.9. The van der Waals surface area contributed by atoms with Crippen LogP contribution >= 0.6 is 0 Å². The first-order chi connectivity index (χ1) is 13.5. The molecule has 0 bridgehead atoms. The van der Waals surface area contributed by atoms with Gasteiger partial charge in [0, 0.05) is 42.4 Å². The minimum absolute atomic E-state index is 0.0156. The van der Waals surface area contributed by atoms with E-state index in [0.717, 1.165) is 43.5 Å². The van der Waals surface area contributed by atoms with Crippen LogP contribution in [0.1, 0.15) is 41.7 Å². The molecule has 1 aliphatic rings. The Morgan fingerprint density at radius 2 is 1.75 bits per heavy atom. The predicted octanol–water partition coefficient (Wildman–Crippen LogP) is 3.50. The first kappa shape index (κ1) is 19.5. The van der Waals surface area contributed by atoms with Gasteiger partial charge in [-0.2, -0.15) is 0 Å². The number of piperidine rings is 1. The van der Waals surface area contributed by atoms with Crippen molar-refractivity contribution in [3.63, 3.8) is 0 Å². The van der Waals surface area contributed by atoms with Crippen LogP contribution in [0.15, 0.2) is 48.5 Å². The first-order valence-corrected chi connectivity index (χ1v) is 9.33. The minimum atomic E-state index is -0.437. The van der Waals surface area contributed by atoms with E-state index in [1.54, 1.807) is 24.3 Å². The van der Waals surface area contributed by atoms with E-state index < -0.39 is 4.92 Å². The molecule has 0 saturated carbocycles. The summed E-state index contributed by atoms with van der Waals surface area (Å²) in [5.41, 5.74) is 2.59. The predicted molar refractivity (Wildman–Crippen MR) is 106 cm³/mol. The smallest absolute Gasteiger partial charge is 0.269 e. The molecule has 0 aromatic heterocycles. The Hall–Kier alpha value is -3.22. The van der Waals surface area contributed by atoms with E-state index in [0.29, 0.717) is 5.56 Å². The Kier molecular flexibility index (Phi) is 6.03. The lowest BCUT2D eigenvalue weighted by molar-refractivity contribution is -0.384. The van der Waals surface area contributed by atoms with Crippen LogP contribution in [-0.2, 0) is 4.79 Å². The molecule has 1 atom stereocenters. The maximum Gasteiger partial charge on any atom is 0.269 e. The summed E-state index contributed by atoms with van der Waals surface area (Å²) >= 11 is 0. The second-order valence-corrected chi connectivity index (χ2v) is 7.05. The van der Waals surface area contributed by atoms with E-state index in [-0.39, 0.29) is 23.6 Å². The molecular weight excluding hydrogens is 358 g/mol. The zero-order valence-electron chi connectivity index (χ0n) is 15.7. The van der Waals surface area contributed by atoms with Gasteiger partial charge >= 0.3 is 0 Å². The van der Waals surface area contributed by atoms with Crippen LogP contribution in [0.5, 0.6) is 0 Å². The highest BCUT2D eigenvalue weighted by Crippen LogP contribution is 2.25. The third kappa shape index (κ3) is 4.54. The number of carbonyl (C=O) groups excluding carboxylic acids is 2. The molecule has 0 unspecified atom stereocenters. The molecular formula is C21H23N3O4. The number of rotatable bonds is 6. The van der Waals surface area contributed by atoms with Crippen molar-refractivity contribution in [2.24, 2.45) is 5.92 Å². The average Bonchev–Trinajstić information content (AvgIpc) is 2.74. The highest BCUT2D eigenvalue weighted by atomic mass is 16.6. The van der Waals surface area contributed by atoms with Crippen LogP contribution in [-0.4, -0.2) is 30.2 Å². The molecule has 1 amide bonds. The number of nitrogens with zero attached hydrogens (tertiary/aromatic N) is 2. The summed E-state index contributed by atoms with van der Waals surface area (Å²) in [5.74, 6) is -0.0344. The molecule has 1 N–H and O–H groups in total. The highest BCUT2D eigenvalue weighted by Gasteiger charge is 2.26. The summed E-state index contributed by atoms with van der Waals surface area (Å²) in [7, 11) is 0. The lowest BCUT2D eigenvalue weighted by Gasteiger charge is -2.33. The Balaban J connectivity index is 1.52. The molecule has 3 rings (SSSR count). The Morgan fingerprint density at radius 1 is 1.14 bits per heavy atom. The molecule has 0 spiro atoms. The van der Waals surface area contributed by atoms with Crippen LogP contribution in [0, 0.1) is 16.0 Å². The van der Waals surface area contributed by atoms with Crippen LogP contribution < -0.4 is 10.2 Å². The Labute approximate surface area is 163 Å². The van der Waals surface area contributed by atoms with Gasteiger partial charge in [0.25, 0.3) is 5.69 Å². The number of nitro groups is 1. The van der Waals surface area contributed by atoms with Crippen LogP contribution in [0.25, 0.3) is 0 Å². The van der Waals surface area contributed by atoms with Gasteiger partial charge in [-0.1, -0.05) is 12.1 Å². The van der Waals surface area contributed by atoms with Crippen molar-refractivity contribution >= 4 is 23.6 Å². The van der Waals surface area contributed by atoms with Gasteiger partial charge in [0.2, 0.25) is 5.91 Å². The van der Waals surface area contributed by atoms with E-state index in [9.17, 15) is 19.7 Å². The van der Waals surface area contributed by atoms with Crippen LogP contribution in [0.4, 0.5) is 11.4 Å². The van der Waals surface area contributed by atoms with Gasteiger partial charge in [0.05, 0.1) is 11.0 Å². The molecule has 1 fully saturated rings. The van der Waals surface area contributed by atoms with Crippen molar-refractivity contribution < 1.29 is 14.5 Å². The van der Waals surface area contributed by atoms with Gasteiger partial charge in [-0.25, -0.2) is 0 Å². The summed E-state index contributed by atoms with van der Waals surface area (Å²) in [6.45, 7) is 3.44. The second kappa shape index (κ2) is 8.65. The van der Waals surface area contributed by atoms with Crippen LogP contribution in [0.3, 0.4) is 0 Å². The highest BCUT2D eigenvalue weighted by molar-refractivity contribution is 5.79. The third-order valence-electron chi connectivity index (χ3n) is 5.22. The molecule has 28 heavy (non-hydrogen) atoms. The van der Waals surface area contributed by atoms with Crippen molar-refractivity contribution in [1.82, 2.24) is 5.32 Å². The molecule has 1 saturated heterocycles. The summed E-state index contributed by atoms with van der Waals surface area (Å²) < 4.78 is 0. The number of anilines is 1. The molecule has 0 aliphatic carbocycles. The van der Waals surface area contributed by atoms with Crippen molar-refractivity contribution in [2.45, 2.75) is 25.8 Å². The van der Waals surface area contributed by atoms with Crippen molar-refractivity contribution in [3.05, 3.63) is 69.8 Å². The number of non-ortho nitro benzene ring substituents is 1. The monoisotopic (exact) mass is 381 g/mol. The SMILES string of the molecule is C[C@H](NC(=O)C1CCN(c2ccc(C=O)cc2)CC1)c1ccc([N+](=O)[O-])cc1. The van der Waals surface area contributed by atoms with Gasteiger partial charge in [-0.15, -0.1) is 0 Å². The van der Waals surface area contributed by atoms with Gasteiger partial charge in [-0.05, 0) is 49.6 Å².